The van der Waals surface area contributed by atoms with Gasteiger partial charge < -0.3 is 4.74 Å². The molecule has 1 atom stereocenters. The molecule has 84 valence electrons. The third kappa shape index (κ3) is 3.39. The van der Waals surface area contributed by atoms with Crippen molar-refractivity contribution < 1.29 is 9.53 Å². The first-order chi connectivity index (χ1) is 6.49. The van der Waals surface area contributed by atoms with E-state index in [1.807, 2.05) is 39.8 Å². The SMILES string of the molecule is CCCOCC(=O)C(C)(CC)N(C)C. The van der Waals surface area contributed by atoms with Gasteiger partial charge in [0, 0.05) is 6.61 Å². The van der Waals surface area contributed by atoms with Crippen molar-refractivity contribution in [3.8, 4) is 0 Å². The molecule has 0 aromatic heterocycles. The number of likely N-dealkylation sites (N-methyl/N-ethyl adjacent to an activating group) is 1. The van der Waals surface area contributed by atoms with Crippen LogP contribution in [-0.4, -0.2) is 43.5 Å². The van der Waals surface area contributed by atoms with Gasteiger partial charge in [-0.2, -0.15) is 0 Å². The highest BCUT2D eigenvalue weighted by atomic mass is 16.5. The second-order valence-corrected chi connectivity index (χ2v) is 4.00. The Bertz CT molecular complexity index is 180. The Labute approximate surface area is 87.4 Å². The van der Waals surface area contributed by atoms with Crippen LogP contribution in [0.25, 0.3) is 0 Å². The van der Waals surface area contributed by atoms with Crippen LogP contribution in [0.1, 0.15) is 33.6 Å². The number of carbonyl (C=O) groups is 1. The number of carbonyl (C=O) groups excluding carboxylic acids is 1. The molecule has 0 fully saturated rings. The van der Waals surface area contributed by atoms with E-state index in [4.69, 9.17) is 4.74 Å². The van der Waals surface area contributed by atoms with Crippen molar-refractivity contribution in [1.29, 1.82) is 0 Å². The molecular weight excluding hydrogens is 178 g/mol. The Morgan fingerprint density at radius 2 is 1.93 bits per heavy atom. The maximum atomic E-state index is 11.8. The van der Waals surface area contributed by atoms with E-state index in [2.05, 4.69) is 0 Å². The molecule has 0 aliphatic rings. The molecule has 0 spiro atoms. The van der Waals surface area contributed by atoms with E-state index in [0.29, 0.717) is 6.61 Å². The van der Waals surface area contributed by atoms with Crippen LogP contribution in [0.15, 0.2) is 0 Å². The Kier molecular flexibility index (Phi) is 5.96. The Balaban J connectivity index is 4.18. The molecule has 3 nitrogen and oxygen atoms in total. The monoisotopic (exact) mass is 201 g/mol. The van der Waals surface area contributed by atoms with Crippen molar-refractivity contribution in [3.05, 3.63) is 0 Å². The molecular formula is C11H23NO2. The minimum atomic E-state index is -0.381. The van der Waals surface area contributed by atoms with E-state index in [0.717, 1.165) is 12.8 Å². The maximum absolute atomic E-state index is 11.8. The number of Topliss-reactive ketones (excluding diaryl/α,β-unsaturated/α-hetero) is 1. The van der Waals surface area contributed by atoms with E-state index in [9.17, 15) is 4.79 Å². The predicted octanol–water partition coefficient (Wildman–Crippen LogP) is 1.71. The van der Waals surface area contributed by atoms with Gasteiger partial charge in [-0.05, 0) is 33.9 Å². The third-order valence-corrected chi connectivity index (χ3v) is 2.86. The Morgan fingerprint density at radius 1 is 1.36 bits per heavy atom. The number of hydrogen-bond donors (Lipinski definition) is 0. The maximum Gasteiger partial charge on any atom is 0.178 e. The van der Waals surface area contributed by atoms with Gasteiger partial charge in [-0.3, -0.25) is 9.69 Å². The van der Waals surface area contributed by atoms with Gasteiger partial charge in [0.05, 0.1) is 5.54 Å². The molecule has 0 aromatic rings. The van der Waals surface area contributed by atoms with E-state index in [1.165, 1.54) is 0 Å². The largest absolute Gasteiger partial charge is 0.374 e. The molecule has 1 unspecified atom stereocenters. The normalized spacial score (nSPS) is 15.6. The molecule has 0 aliphatic carbocycles. The highest BCUT2D eigenvalue weighted by Crippen LogP contribution is 2.17. The standard InChI is InChI=1S/C11H23NO2/c1-6-8-14-9-10(13)11(3,7-2)12(4)5/h6-9H2,1-5H3. The van der Waals surface area contributed by atoms with E-state index in [-0.39, 0.29) is 17.9 Å². The summed E-state index contributed by atoms with van der Waals surface area (Å²) in [6.45, 7) is 6.92. The minimum Gasteiger partial charge on any atom is -0.374 e. The molecule has 0 bridgehead atoms. The van der Waals surface area contributed by atoms with E-state index in [1.54, 1.807) is 0 Å². The van der Waals surface area contributed by atoms with Crippen molar-refractivity contribution in [2.75, 3.05) is 27.3 Å². The lowest BCUT2D eigenvalue weighted by atomic mass is 9.92. The molecule has 0 aliphatic heterocycles. The third-order valence-electron chi connectivity index (χ3n) is 2.86. The van der Waals surface area contributed by atoms with Crippen molar-refractivity contribution in [2.45, 2.75) is 39.2 Å². The van der Waals surface area contributed by atoms with Gasteiger partial charge in [-0.1, -0.05) is 13.8 Å². The van der Waals surface area contributed by atoms with Crippen LogP contribution < -0.4 is 0 Å². The zero-order valence-electron chi connectivity index (χ0n) is 10.1. The van der Waals surface area contributed by atoms with Crippen molar-refractivity contribution in [2.24, 2.45) is 0 Å². The van der Waals surface area contributed by atoms with Gasteiger partial charge in [-0.25, -0.2) is 0 Å². The fraction of sp³-hybridized carbons (Fsp3) is 0.909. The van der Waals surface area contributed by atoms with Crippen LogP contribution >= 0.6 is 0 Å². The first-order valence-corrected chi connectivity index (χ1v) is 5.27. The van der Waals surface area contributed by atoms with Crippen LogP contribution in [0.3, 0.4) is 0 Å². The minimum absolute atomic E-state index is 0.165. The molecule has 0 heterocycles. The topological polar surface area (TPSA) is 29.5 Å². The molecule has 0 amide bonds. The molecule has 0 rings (SSSR count). The van der Waals surface area contributed by atoms with Gasteiger partial charge in [0.2, 0.25) is 0 Å². The first kappa shape index (κ1) is 13.6. The number of hydrogen-bond acceptors (Lipinski definition) is 3. The second kappa shape index (κ2) is 6.14. The van der Waals surface area contributed by atoms with Crippen molar-refractivity contribution in [1.82, 2.24) is 4.90 Å². The molecule has 0 saturated carbocycles. The summed E-state index contributed by atoms with van der Waals surface area (Å²) < 4.78 is 5.27. The summed E-state index contributed by atoms with van der Waals surface area (Å²) in [5.74, 6) is 0.165. The lowest BCUT2D eigenvalue weighted by molar-refractivity contribution is -0.133. The number of ketones is 1. The quantitative estimate of drug-likeness (QED) is 0.587. The number of nitrogens with zero attached hydrogens (tertiary/aromatic N) is 1. The average Bonchev–Trinajstić information content (AvgIpc) is 2.16. The van der Waals surface area contributed by atoms with Crippen LogP contribution in [-0.2, 0) is 9.53 Å². The summed E-state index contributed by atoms with van der Waals surface area (Å²) in [4.78, 5) is 13.8. The summed E-state index contributed by atoms with van der Waals surface area (Å²) in [7, 11) is 3.86. The smallest absolute Gasteiger partial charge is 0.178 e. The van der Waals surface area contributed by atoms with Gasteiger partial charge in [0.25, 0.3) is 0 Å². The van der Waals surface area contributed by atoms with Crippen LogP contribution in [0, 0.1) is 0 Å². The fourth-order valence-corrected chi connectivity index (χ4v) is 1.23. The van der Waals surface area contributed by atoms with Gasteiger partial charge in [-0.15, -0.1) is 0 Å². The lowest BCUT2D eigenvalue weighted by Crippen LogP contribution is -2.49. The summed E-state index contributed by atoms with van der Waals surface area (Å²) in [5, 5.41) is 0. The zero-order chi connectivity index (χ0) is 11.2. The predicted molar refractivity (Wildman–Crippen MR) is 58.5 cm³/mol. The highest BCUT2D eigenvalue weighted by molar-refractivity contribution is 5.89. The summed E-state index contributed by atoms with van der Waals surface area (Å²) in [6, 6.07) is 0. The number of ether oxygens (including phenoxy) is 1. The molecule has 0 radical (unpaired) electrons. The van der Waals surface area contributed by atoms with Gasteiger partial charge >= 0.3 is 0 Å². The van der Waals surface area contributed by atoms with Gasteiger partial charge in [0.1, 0.15) is 6.61 Å². The summed E-state index contributed by atoms with van der Waals surface area (Å²) in [6.07, 6.45) is 1.77. The molecule has 0 aromatic carbocycles. The fourth-order valence-electron chi connectivity index (χ4n) is 1.23. The summed E-state index contributed by atoms with van der Waals surface area (Å²) >= 11 is 0. The molecule has 3 heteroatoms. The van der Waals surface area contributed by atoms with Crippen LogP contribution in [0.5, 0.6) is 0 Å². The second-order valence-electron chi connectivity index (χ2n) is 4.00. The average molecular weight is 201 g/mol. The Morgan fingerprint density at radius 3 is 2.29 bits per heavy atom. The lowest BCUT2D eigenvalue weighted by Gasteiger charge is -2.33. The molecule has 14 heavy (non-hydrogen) atoms. The Hall–Kier alpha value is -0.410. The van der Waals surface area contributed by atoms with E-state index < -0.39 is 0 Å². The van der Waals surface area contributed by atoms with Crippen molar-refractivity contribution >= 4 is 5.78 Å². The van der Waals surface area contributed by atoms with Crippen molar-refractivity contribution in [3.63, 3.8) is 0 Å². The van der Waals surface area contributed by atoms with Gasteiger partial charge in [0.15, 0.2) is 5.78 Å². The van der Waals surface area contributed by atoms with Crippen LogP contribution in [0.2, 0.25) is 0 Å². The molecule has 0 N–H and O–H groups in total. The van der Waals surface area contributed by atoms with Crippen LogP contribution in [0.4, 0.5) is 0 Å². The highest BCUT2D eigenvalue weighted by Gasteiger charge is 2.32. The zero-order valence-corrected chi connectivity index (χ0v) is 10.1. The number of rotatable bonds is 7. The van der Waals surface area contributed by atoms with E-state index >= 15 is 0 Å². The first-order valence-electron chi connectivity index (χ1n) is 5.27. The molecule has 0 saturated heterocycles. The summed E-state index contributed by atoms with van der Waals surface area (Å²) in [5.41, 5.74) is -0.381.